The van der Waals surface area contributed by atoms with E-state index in [1.54, 1.807) is 6.07 Å². The maximum atomic E-state index is 11.7. The van der Waals surface area contributed by atoms with Crippen molar-refractivity contribution in [3.63, 3.8) is 0 Å². The van der Waals surface area contributed by atoms with Crippen molar-refractivity contribution in [1.82, 2.24) is 0 Å². The zero-order valence-corrected chi connectivity index (χ0v) is 6.35. The van der Waals surface area contributed by atoms with E-state index in [9.17, 15) is 4.39 Å². The molecule has 4 heteroatoms. The maximum absolute atomic E-state index is 11.7. The minimum atomic E-state index is -1.25. The topological polar surface area (TPSA) is 49.8 Å². The molecule has 1 unspecified atom stereocenters. The Hall–Kier alpha value is 0.110. The minimum absolute atomic E-state index is 0.331. The second-order valence-corrected chi connectivity index (χ2v) is 2.30. The van der Waals surface area contributed by atoms with E-state index in [2.05, 4.69) is 0 Å². The van der Waals surface area contributed by atoms with E-state index < -0.39 is 12.2 Å². The lowest BCUT2D eigenvalue weighted by atomic mass is 10.1. The molecule has 0 spiro atoms. The Labute approximate surface area is 61.0 Å². The second kappa shape index (κ2) is 3.20. The third-order valence-electron chi connectivity index (χ3n) is 0.700. The molecule has 2 nitrogen and oxygen atoms in total. The third kappa shape index (κ3) is 1.92. The largest absolute Gasteiger partial charge is 0.311 e. The van der Waals surface area contributed by atoms with E-state index in [1.807, 2.05) is 22.6 Å². The number of alkyl halides is 2. The summed E-state index contributed by atoms with van der Waals surface area (Å²) in [4.78, 5) is 0. The zero-order chi connectivity index (χ0) is 6.62. The molecule has 46 valence electrons. The summed E-state index contributed by atoms with van der Waals surface area (Å²) >= 11 is 1.88. The molecule has 0 aromatic heterocycles. The summed E-state index contributed by atoms with van der Waals surface area (Å²) in [5.41, 5.74) is 3.90. The molecule has 0 radical (unpaired) electrons. The summed E-state index contributed by atoms with van der Waals surface area (Å²) in [7, 11) is 0. The molecule has 8 heavy (non-hydrogen) atoms. The summed E-state index contributed by atoms with van der Waals surface area (Å²) < 4.78 is 12.0. The molecular weight excluding hydrogens is 222 g/mol. The molecule has 0 aromatic rings. The Bertz CT molecular complexity index is 105. The molecule has 2 N–H and O–H groups in total. The van der Waals surface area contributed by atoms with Crippen molar-refractivity contribution in [3.05, 3.63) is 0 Å². The molecule has 0 amide bonds. The van der Waals surface area contributed by atoms with Gasteiger partial charge in [0, 0.05) is 4.43 Å². The van der Waals surface area contributed by atoms with Crippen molar-refractivity contribution in [3.8, 4) is 6.07 Å². The van der Waals surface area contributed by atoms with Crippen molar-refractivity contribution in [2.75, 3.05) is 11.1 Å². The molecule has 0 aliphatic heterocycles. The molecule has 0 aliphatic carbocycles. The molecule has 0 heterocycles. The number of hydrogen-bond donors (Lipinski definition) is 1. The van der Waals surface area contributed by atoms with Crippen LogP contribution in [-0.2, 0) is 0 Å². The molecule has 0 aliphatic rings. The van der Waals surface area contributed by atoms with E-state index in [1.165, 1.54) is 0 Å². The van der Waals surface area contributed by atoms with Crippen molar-refractivity contribution < 1.29 is 4.39 Å². The fourth-order valence-corrected chi connectivity index (χ4v) is 0.470. The number of hydrogen-bond acceptors (Lipinski definition) is 2. The van der Waals surface area contributed by atoms with Crippen LogP contribution in [0.5, 0.6) is 0 Å². The zero-order valence-electron chi connectivity index (χ0n) is 4.19. The van der Waals surface area contributed by atoms with Crippen LogP contribution in [-0.4, -0.2) is 16.6 Å². The Morgan fingerprint density at radius 1 is 1.88 bits per heavy atom. The fraction of sp³-hybridized carbons (Fsp3) is 0.750. The summed E-state index contributed by atoms with van der Waals surface area (Å²) in [5, 5.41) is 8.17. The number of nitriles is 1. The lowest BCUT2D eigenvalue weighted by Crippen LogP contribution is -2.42. The highest BCUT2D eigenvalue weighted by molar-refractivity contribution is 14.1. The van der Waals surface area contributed by atoms with Crippen LogP contribution in [0.2, 0.25) is 0 Å². The predicted molar refractivity (Wildman–Crippen MR) is 37.4 cm³/mol. The molecular formula is C4H6FIN2. The monoisotopic (exact) mass is 228 g/mol. The number of nitrogens with zero attached hydrogens (tertiary/aromatic N) is 1. The highest BCUT2D eigenvalue weighted by atomic mass is 127. The van der Waals surface area contributed by atoms with Gasteiger partial charge in [-0.15, -0.1) is 0 Å². The van der Waals surface area contributed by atoms with Crippen LogP contribution in [0.3, 0.4) is 0 Å². The van der Waals surface area contributed by atoms with Crippen LogP contribution in [0.15, 0.2) is 0 Å². The van der Waals surface area contributed by atoms with Crippen molar-refractivity contribution >= 4 is 22.6 Å². The highest BCUT2D eigenvalue weighted by Gasteiger charge is 2.21. The third-order valence-corrected chi connectivity index (χ3v) is 2.06. The Morgan fingerprint density at radius 2 is 2.38 bits per heavy atom. The normalized spacial score (nSPS) is 16.8. The van der Waals surface area contributed by atoms with Gasteiger partial charge in [-0.2, -0.15) is 5.26 Å². The molecule has 0 saturated heterocycles. The van der Waals surface area contributed by atoms with Gasteiger partial charge < -0.3 is 5.73 Å². The van der Waals surface area contributed by atoms with E-state index in [-0.39, 0.29) is 0 Å². The van der Waals surface area contributed by atoms with Gasteiger partial charge in [0.05, 0.1) is 6.07 Å². The summed E-state index contributed by atoms with van der Waals surface area (Å²) in [6.07, 6.45) is 0. The number of nitrogens with two attached hydrogens (primary N) is 1. The van der Waals surface area contributed by atoms with Crippen LogP contribution in [0, 0.1) is 11.3 Å². The summed E-state index contributed by atoms with van der Waals surface area (Å²) in [5.74, 6) is 0. The van der Waals surface area contributed by atoms with Gasteiger partial charge in [-0.25, -0.2) is 4.39 Å². The smallest absolute Gasteiger partial charge is 0.141 e. The Morgan fingerprint density at radius 3 is 2.38 bits per heavy atom. The molecule has 0 aromatic carbocycles. The van der Waals surface area contributed by atoms with Gasteiger partial charge in [0.1, 0.15) is 12.2 Å². The van der Waals surface area contributed by atoms with E-state index >= 15 is 0 Å². The maximum Gasteiger partial charge on any atom is 0.141 e. The Kier molecular flexibility index (Phi) is 3.24. The van der Waals surface area contributed by atoms with Crippen LogP contribution in [0.25, 0.3) is 0 Å². The van der Waals surface area contributed by atoms with Crippen LogP contribution >= 0.6 is 22.6 Å². The van der Waals surface area contributed by atoms with Gasteiger partial charge in [0.25, 0.3) is 0 Å². The average Bonchev–Trinajstić information content (AvgIpc) is 1.87. The first-order chi connectivity index (χ1) is 3.68. The first-order valence-electron chi connectivity index (χ1n) is 2.00. The van der Waals surface area contributed by atoms with E-state index in [0.717, 1.165) is 0 Å². The van der Waals surface area contributed by atoms with E-state index in [4.69, 9.17) is 11.0 Å². The standard InChI is InChI=1S/C4H6FIN2/c5-1-4(8,2-6)3-7/h1-2,8H2. The predicted octanol–water partition coefficient (Wildman–Crippen LogP) is 0.612. The van der Waals surface area contributed by atoms with Crippen LogP contribution < -0.4 is 5.73 Å². The van der Waals surface area contributed by atoms with Crippen LogP contribution in [0.1, 0.15) is 0 Å². The quantitative estimate of drug-likeness (QED) is 0.556. The lowest BCUT2D eigenvalue weighted by Gasteiger charge is -2.11. The first kappa shape index (κ1) is 8.11. The fourth-order valence-electron chi connectivity index (χ4n) is 0.0955. The van der Waals surface area contributed by atoms with Crippen LogP contribution in [0.4, 0.5) is 4.39 Å². The molecule has 1 atom stereocenters. The van der Waals surface area contributed by atoms with Gasteiger partial charge in [0.2, 0.25) is 0 Å². The minimum Gasteiger partial charge on any atom is -0.311 e. The van der Waals surface area contributed by atoms with E-state index in [0.29, 0.717) is 4.43 Å². The number of rotatable bonds is 2. The first-order valence-corrected chi connectivity index (χ1v) is 3.53. The SMILES string of the molecule is N#CC(N)(CF)CI. The molecule has 0 saturated carbocycles. The summed E-state index contributed by atoms with van der Waals surface area (Å²) in [6, 6.07) is 1.67. The van der Waals surface area contributed by atoms with Crippen molar-refractivity contribution in [2.24, 2.45) is 5.73 Å². The van der Waals surface area contributed by atoms with Crippen molar-refractivity contribution in [1.29, 1.82) is 5.26 Å². The average molecular weight is 228 g/mol. The van der Waals surface area contributed by atoms with Gasteiger partial charge in [-0.1, -0.05) is 22.6 Å². The molecule has 0 rings (SSSR count). The number of halogens is 2. The molecule has 0 fully saturated rings. The van der Waals surface area contributed by atoms with Gasteiger partial charge in [-0.3, -0.25) is 0 Å². The van der Waals surface area contributed by atoms with Gasteiger partial charge in [0.15, 0.2) is 0 Å². The lowest BCUT2D eigenvalue weighted by molar-refractivity contribution is 0.397. The van der Waals surface area contributed by atoms with Crippen molar-refractivity contribution in [2.45, 2.75) is 5.54 Å². The summed E-state index contributed by atoms with van der Waals surface area (Å²) in [6.45, 7) is -0.771. The van der Waals surface area contributed by atoms with Gasteiger partial charge >= 0.3 is 0 Å². The highest BCUT2D eigenvalue weighted by Crippen LogP contribution is 2.03. The Balaban J connectivity index is 3.83. The van der Waals surface area contributed by atoms with Gasteiger partial charge in [-0.05, 0) is 0 Å². The second-order valence-electron chi connectivity index (χ2n) is 1.54. The molecule has 0 bridgehead atoms.